The second-order valence-electron chi connectivity index (χ2n) is 6.78. The van der Waals surface area contributed by atoms with Crippen molar-refractivity contribution in [1.29, 1.82) is 0 Å². The van der Waals surface area contributed by atoms with Crippen LogP contribution in [0.2, 0.25) is 5.02 Å². The third-order valence-corrected chi connectivity index (χ3v) is 7.07. The Kier molecular flexibility index (Phi) is 5.89. The summed E-state index contributed by atoms with van der Waals surface area (Å²) in [5.74, 6) is -0.0175. The molecule has 5 nitrogen and oxygen atoms in total. The van der Waals surface area contributed by atoms with Gasteiger partial charge in [-0.15, -0.1) is 0 Å². The first-order valence-electron chi connectivity index (χ1n) is 8.49. The Morgan fingerprint density at radius 1 is 1.52 bits per heavy atom. The molecule has 1 aliphatic rings. The molecule has 27 heavy (non-hydrogen) atoms. The van der Waals surface area contributed by atoms with Gasteiger partial charge in [0.1, 0.15) is 17.9 Å². The van der Waals surface area contributed by atoms with Gasteiger partial charge in [-0.05, 0) is 44.2 Å². The van der Waals surface area contributed by atoms with Gasteiger partial charge in [-0.1, -0.05) is 17.9 Å². The number of ether oxygens (including phenoxy) is 1. The van der Waals surface area contributed by atoms with Crippen molar-refractivity contribution in [2.45, 2.75) is 12.3 Å². The molecule has 0 bridgehead atoms. The minimum absolute atomic E-state index is 0.00756. The molecule has 1 aliphatic heterocycles. The van der Waals surface area contributed by atoms with Crippen LogP contribution in [0.25, 0.3) is 11.3 Å². The number of amides is 1. The number of aromatic nitrogens is 1. The predicted octanol–water partition coefficient (Wildman–Crippen LogP) is 2.81. The quantitative estimate of drug-likeness (QED) is 0.544. The van der Waals surface area contributed by atoms with Gasteiger partial charge < -0.3 is 15.2 Å². The van der Waals surface area contributed by atoms with E-state index < -0.39 is 12.7 Å². The van der Waals surface area contributed by atoms with Crippen LogP contribution in [0.3, 0.4) is 0 Å². The zero-order chi connectivity index (χ0) is 19.6. The summed E-state index contributed by atoms with van der Waals surface area (Å²) in [4.78, 5) is 15.5. The van der Waals surface area contributed by atoms with Crippen molar-refractivity contribution in [3.63, 3.8) is 0 Å². The Bertz CT molecular complexity index is 922. The number of carbonyl (C=O) groups excluding carboxylic acids is 1. The SMILES string of the molecule is C=P1(C)COc2c1cc(C(CCO)CNC=O)nc2-c1ccc(F)c(Cl)c1. The fourth-order valence-corrected chi connectivity index (χ4v) is 4.95. The molecule has 0 saturated carbocycles. The van der Waals surface area contributed by atoms with Gasteiger partial charge in [0.25, 0.3) is 0 Å². The maximum atomic E-state index is 13.6. The Morgan fingerprint density at radius 2 is 2.30 bits per heavy atom. The number of nitrogens with one attached hydrogen (secondary N) is 1. The molecule has 2 atom stereocenters. The second-order valence-corrected chi connectivity index (χ2v) is 10.7. The van der Waals surface area contributed by atoms with Gasteiger partial charge >= 0.3 is 0 Å². The lowest BCUT2D eigenvalue weighted by atomic mass is 9.99. The van der Waals surface area contributed by atoms with Gasteiger partial charge in [0.05, 0.1) is 5.02 Å². The molecule has 0 radical (unpaired) electrons. The van der Waals surface area contributed by atoms with Crippen LogP contribution in [-0.2, 0) is 4.79 Å². The standard InChI is InChI=1S/C19H21ClFN2O3P/c1-27(2)11-26-19-17(27)8-16(13(5-6-24)9-22-10-25)23-18(19)12-3-4-15(21)14(20)7-12/h3-4,7-8,10,13,24H,1,5-6,9,11H2,2H3,(H,22,25). The number of benzene rings is 1. The van der Waals surface area contributed by atoms with E-state index >= 15 is 0 Å². The van der Waals surface area contributed by atoms with E-state index in [1.165, 1.54) is 12.1 Å². The average Bonchev–Trinajstić information content (AvgIpc) is 2.95. The van der Waals surface area contributed by atoms with Gasteiger partial charge in [-0.25, -0.2) is 9.37 Å². The van der Waals surface area contributed by atoms with E-state index in [2.05, 4.69) is 18.3 Å². The Labute approximate surface area is 162 Å². The summed E-state index contributed by atoms with van der Waals surface area (Å²) in [7, 11) is 0. The molecule has 1 aromatic heterocycles. The number of halogens is 2. The zero-order valence-electron chi connectivity index (χ0n) is 14.9. The molecule has 2 N–H and O–H groups in total. The first-order chi connectivity index (χ1) is 12.9. The van der Waals surface area contributed by atoms with Gasteiger partial charge in [0.15, 0.2) is 5.75 Å². The largest absolute Gasteiger partial charge is 0.486 e. The predicted molar refractivity (Wildman–Crippen MR) is 108 cm³/mol. The van der Waals surface area contributed by atoms with Crippen molar-refractivity contribution in [3.8, 4) is 17.0 Å². The smallest absolute Gasteiger partial charge is 0.207 e. The fourth-order valence-electron chi connectivity index (χ4n) is 3.11. The monoisotopic (exact) mass is 410 g/mol. The van der Waals surface area contributed by atoms with E-state index in [4.69, 9.17) is 21.3 Å². The molecule has 8 heteroatoms. The van der Waals surface area contributed by atoms with Crippen molar-refractivity contribution in [1.82, 2.24) is 10.3 Å². The minimum atomic E-state index is -1.74. The lowest BCUT2D eigenvalue weighted by molar-refractivity contribution is -0.109. The highest BCUT2D eigenvalue weighted by Crippen LogP contribution is 2.50. The van der Waals surface area contributed by atoms with Gasteiger partial charge in [-0.3, -0.25) is 4.79 Å². The van der Waals surface area contributed by atoms with Crippen molar-refractivity contribution < 1.29 is 19.0 Å². The van der Waals surface area contributed by atoms with Crippen LogP contribution in [0, 0.1) is 5.82 Å². The molecule has 1 amide bonds. The first kappa shape index (κ1) is 19.9. The second kappa shape index (κ2) is 8.01. The van der Waals surface area contributed by atoms with Gasteiger partial charge in [-0.2, -0.15) is 0 Å². The Hall–Kier alpha value is -1.88. The molecular formula is C19H21ClFN2O3P. The Balaban J connectivity index is 2.17. The molecule has 1 aromatic carbocycles. The summed E-state index contributed by atoms with van der Waals surface area (Å²) in [6, 6.07) is 6.39. The number of aliphatic hydroxyl groups excluding tert-OH is 1. The highest BCUT2D eigenvalue weighted by Gasteiger charge is 2.30. The van der Waals surface area contributed by atoms with E-state index in [0.29, 0.717) is 42.7 Å². The molecule has 2 unspecified atom stereocenters. The highest BCUT2D eigenvalue weighted by atomic mass is 35.5. The lowest BCUT2D eigenvalue weighted by Gasteiger charge is -2.19. The number of fused-ring (bicyclic) bond motifs is 1. The molecule has 0 spiro atoms. The summed E-state index contributed by atoms with van der Waals surface area (Å²) >= 11 is 5.96. The first-order valence-corrected chi connectivity index (χ1v) is 11.5. The number of hydrogen-bond donors (Lipinski definition) is 2. The summed E-state index contributed by atoms with van der Waals surface area (Å²) < 4.78 is 19.5. The van der Waals surface area contributed by atoms with Crippen LogP contribution in [0.5, 0.6) is 5.75 Å². The molecule has 2 heterocycles. The molecule has 0 saturated heterocycles. The van der Waals surface area contributed by atoms with E-state index in [-0.39, 0.29) is 17.5 Å². The fraction of sp³-hybridized carbons (Fsp3) is 0.316. The van der Waals surface area contributed by atoms with Crippen molar-refractivity contribution in [2.75, 3.05) is 26.2 Å². The van der Waals surface area contributed by atoms with Crippen molar-refractivity contribution in [2.24, 2.45) is 0 Å². The molecule has 0 aliphatic carbocycles. The average molecular weight is 411 g/mol. The third kappa shape index (κ3) is 4.03. The van der Waals surface area contributed by atoms with E-state index in [1.807, 2.05) is 6.07 Å². The topological polar surface area (TPSA) is 71.5 Å². The van der Waals surface area contributed by atoms with E-state index in [9.17, 15) is 14.3 Å². The Morgan fingerprint density at radius 3 is 2.96 bits per heavy atom. The van der Waals surface area contributed by atoms with Crippen LogP contribution in [0.4, 0.5) is 4.39 Å². The molecule has 3 rings (SSSR count). The van der Waals surface area contributed by atoms with Crippen LogP contribution < -0.4 is 15.4 Å². The van der Waals surface area contributed by atoms with E-state index in [1.54, 1.807) is 6.07 Å². The van der Waals surface area contributed by atoms with Crippen molar-refractivity contribution >= 4 is 36.5 Å². The summed E-state index contributed by atoms with van der Waals surface area (Å²) in [6.07, 6.45) is 5.92. The maximum Gasteiger partial charge on any atom is 0.207 e. The third-order valence-electron chi connectivity index (χ3n) is 4.59. The number of hydrogen-bond acceptors (Lipinski definition) is 4. The van der Waals surface area contributed by atoms with Gasteiger partial charge in [0.2, 0.25) is 6.41 Å². The van der Waals surface area contributed by atoms with Crippen LogP contribution in [-0.4, -0.2) is 49.0 Å². The number of pyridine rings is 1. The van der Waals surface area contributed by atoms with Crippen LogP contribution in [0.1, 0.15) is 18.0 Å². The molecule has 144 valence electrons. The number of carbonyl (C=O) groups is 1. The van der Waals surface area contributed by atoms with Crippen molar-refractivity contribution in [3.05, 3.63) is 40.8 Å². The number of aliphatic hydroxyl groups is 1. The number of nitrogens with zero attached hydrogens (tertiary/aromatic N) is 1. The minimum Gasteiger partial charge on any atom is -0.486 e. The summed E-state index contributed by atoms with van der Waals surface area (Å²) in [6.45, 7) is 0.664. The summed E-state index contributed by atoms with van der Waals surface area (Å²) in [5.41, 5.74) is 1.95. The molecule has 2 aromatic rings. The maximum absolute atomic E-state index is 13.6. The summed E-state index contributed by atoms with van der Waals surface area (Å²) in [5, 5.41) is 13.1. The lowest BCUT2D eigenvalue weighted by Crippen LogP contribution is -2.23. The number of rotatable bonds is 7. The normalized spacial score (nSPS) is 19.3. The van der Waals surface area contributed by atoms with Gasteiger partial charge in [0, 0.05) is 35.6 Å². The van der Waals surface area contributed by atoms with E-state index in [0.717, 1.165) is 11.0 Å². The van der Waals surface area contributed by atoms with Crippen LogP contribution >= 0.6 is 18.5 Å². The molecule has 0 fully saturated rings. The zero-order valence-corrected chi connectivity index (χ0v) is 16.6. The van der Waals surface area contributed by atoms with Crippen LogP contribution in [0.15, 0.2) is 24.3 Å². The molecular weight excluding hydrogens is 390 g/mol. The highest BCUT2D eigenvalue weighted by molar-refractivity contribution is 7.80.